The first kappa shape index (κ1) is 28.5. The molecule has 0 saturated heterocycles. The van der Waals surface area contributed by atoms with Crippen molar-refractivity contribution in [3.05, 3.63) is 87.1 Å². The van der Waals surface area contributed by atoms with Crippen molar-refractivity contribution in [2.75, 3.05) is 34.9 Å². The first-order chi connectivity index (χ1) is 19.2. The zero-order chi connectivity index (χ0) is 29.0. The highest BCUT2D eigenvalue weighted by molar-refractivity contribution is 6.31. The highest BCUT2D eigenvalue weighted by Crippen LogP contribution is 2.33. The molecule has 10 nitrogen and oxygen atoms in total. The van der Waals surface area contributed by atoms with Crippen molar-refractivity contribution in [2.24, 2.45) is 0 Å². The summed E-state index contributed by atoms with van der Waals surface area (Å²) < 4.78 is 13.7. The second-order valence-corrected chi connectivity index (χ2v) is 9.80. The maximum Gasteiger partial charge on any atom is 0.257 e. The quantitative estimate of drug-likeness (QED) is 0.289. The van der Waals surface area contributed by atoms with Crippen LogP contribution in [-0.2, 0) is 16.0 Å². The number of aromatic nitrogens is 3. The highest BCUT2D eigenvalue weighted by atomic mass is 35.5. The molecule has 1 unspecified atom stereocenters. The van der Waals surface area contributed by atoms with Gasteiger partial charge in [0.15, 0.2) is 5.78 Å². The molecule has 0 saturated carbocycles. The monoisotopic (exact) mass is 561 g/mol. The predicted octanol–water partition coefficient (Wildman–Crippen LogP) is 3.79. The third-order valence-electron chi connectivity index (χ3n) is 6.56. The van der Waals surface area contributed by atoms with Crippen LogP contribution >= 0.6 is 11.6 Å². The van der Waals surface area contributed by atoms with Crippen molar-refractivity contribution < 1.29 is 19.1 Å². The first-order valence-electron chi connectivity index (χ1n) is 12.4. The lowest BCUT2D eigenvalue weighted by Gasteiger charge is -2.21. The van der Waals surface area contributed by atoms with Gasteiger partial charge in [-0.2, -0.15) is 10.4 Å². The van der Waals surface area contributed by atoms with Gasteiger partial charge in [0.05, 0.1) is 48.3 Å². The number of methoxy groups -OCH3 is 2. The standard InChI is InChI=1S/C29H28ClN5O5/c1-33(2)29(38)23-16-32-35-9-7-18(11-25(23)35)12-26(36)24(8-10-39-3)34-17-27(40-4)22(14-28(34)37)21-13-20(30)6-5-19(21)15-31/h5-7,9,11,13-14,16-17,24H,8,10,12H2,1-4H3. The molecular formula is C29H28ClN5O5. The van der Waals surface area contributed by atoms with Gasteiger partial charge in [-0.15, -0.1) is 0 Å². The summed E-state index contributed by atoms with van der Waals surface area (Å²) in [7, 11) is 6.28. The lowest BCUT2D eigenvalue weighted by Crippen LogP contribution is -2.31. The van der Waals surface area contributed by atoms with Crippen LogP contribution < -0.4 is 10.3 Å². The Labute approximate surface area is 235 Å². The van der Waals surface area contributed by atoms with Gasteiger partial charge in [0.25, 0.3) is 11.5 Å². The molecule has 206 valence electrons. The maximum absolute atomic E-state index is 13.7. The van der Waals surface area contributed by atoms with E-state index in [1.54, 1.807) is 55.1 Å². The summed E-state index contributed by atoms with van der Waals surface area (Å²) in [4.78, 5) is 41.1. The topological polar surface area (TPSA) is 119 Å². The SMILES string of the molecule is COCCC(C(=O)Cc1ccn2ncc(C(=O)N(C)C)c2c1)n1cc(OC)c(-c2cc(Cl)ccc2C#N)cc1=O. The molecule has 0 aliphatic rings. The van der Waals surface area contributed by atoms with Crippen molar-refractivity contribution in [3.8, 4) is 22.9 Å². The van der Waals surface area contributed by atoms with Crippen molar-refractivity contribution >= 4 is 28.8 Å². The van der Waals surface area contributed by atoms with E-state index in [4.69, 9.17) is 21.1 Å². The lowest BCUT2D eigenvalue weighted by atomic mass is 9.99. The number of rotatable bonds is 10. The Morgan fingerprint density at radius 3 is 2.60 bits per heavy atom. The summed E-state index contributed by atoms with van der Waals surface area (Å²) in [6, 6.07) is 10.9. The zero-order valence-corrected chi connectivity index (χ0v) is 23.3. The number of nitriles is 1. The highest BCUT2D eigenvalue weighted by Gasteiger charge is 2.25. The summed E-state index contributed by atoms with van der Waals surface area (Å²) in [6.45, 7) is 0.239. The molecule has 0 aliphatic carbocycles. The number of hydrogen-bond acceptors (Lipinski definition) is 7. The molecule has 1 amide bonds. The molecule has 0 fully saturated rings. The van der Waals surface area contributed by atoms with Crippen LogP contribution in [0, 0.1) is 11.3 Å². The average Bonchev–Trinajstić information content (AvgIpc) is 3.36. The third-order valence-corrected chi connectivity index (χ3v) is 6.80. The van der Waals surface area contributed by atoms with Crippen LogP contribution in [0.4, 0.5) is 0 Å². The average molecular weight is 562 g/mol. The fourth-order valence-corrected chi connectivity index (χ4v) is 4.70. The number of benzene rings is 1. The van der Waals surface area contributed by atoms with Crippen LogP contribution in [0.25, 0.3) is 16.6 Å². The van der Waals surface area contributed by atoms with E-state index in [0.717, 1.165) is 0 Å². The van der Waals surface area contributed by atoms with E-state index in [2.05, 4.69) is 11.2 Å². The number of hydrogen-bond donors (Lipinski definition) is 0. The molecule has 4 rings (SSSR count). The summed E-state index contributed by atoms with van der Waals surface area (Å²) in [5, 5.41) is 14.2. The van der Waals surface area contributed by atoms with E-state index in [1.807, 2.05) is 0 Å². The molecule has 40 heavy (non-hydrogen) atoms. The van der Waals surface area contributed by atoms with Gasteiger partial charge in [0, 0.05) is 62.6 Å². The van der Waals surface area contributed by atoms with Gasteiger partial charge in [0.1, 0.15) is 5.75 Å². The number of halogens is 1. The molecule has 0 spiro atoms. The fraction of sp³-hybridized carbons (Fsp3) is 0.276. The minimum absolute atomic E-state index is 0.00896. The first-order valence-corrected chi connectivity index (χ1v) is 12.8. The van der Waals surface area contributed by atoms with Crippen LogP contribution in [0.5, 0.6) is 5.75 Å². The summed E-state index contributed by atoms with van der Waals surface area (Å²) in [6.07, 6.45) is 4.92. The van der Waals surface area contributed by atoms with Crippen LogP contribution in [0.3, 0.4) is 0 Å². The van der Waals surface area contributed by atoms with Gasteiger partial charge in [-0.1, -0.05) is 11.6 Å². The van der Waals surface area contributed by atoms with Crippen molar-refractivity contribution in [2.45, 2.75) is 18.9 Å². The molecule has 0 aliphatic heterocycles. The van der Waals surface area contributed by atoms with Gasteiger partial charge < -0.3 is 18.9 Å². The Kier molecular flexibility index (Phi) is 8.67. The maximum atomic E-state index is 13.7. The smallest absolute Gasteiger partial charge is 0.257 e. The summed E-state index contributed by atoms with van der Waals surface area (Å²) >= 11 is 6.17. The number of ether oxygens (including phenoxy) is 2. The molecule has 3 aromatic heterocycles. The number of fused-ring (bicyclic) bond motifs is 1. The molecule has 0 N–H and O–H groups in total. The second kappa shape index (κ2) is 12.2. The van der Waals surface area contributed by atoms with Gasteiger partial charge in [-0.05, 0) is 42.3 Å². The summed E-state index contributed by atoms with van der Waals surface area (Å²) in [5.74, 6) is -0.116. The molecular weight excluding hydrogens is 534 g/mol. The molecule has 0 radical (unpaired) electrons. The van der Waals surface area contributed by atoms with Crippen molar-refractivity contribution in [1.82, 2.24) is 19.1 Å². The van der Waals surface area contributed by atoms with Crippen LogP contribution in [0.15, 0.2) is 59.8 Å². The minimum Gasteiger partial charge on any atom is -0.495 e. The number of carbonyl (C=O) groups is 2. The zero-order valence-electron chi connectivity index (χ0n) is 22.6. The van der Waals surface area contributed by atoms with Crippen molar-refractivity contribution in [1.29, 1.82) is 5.26 Å². The van der Waals surface area contributed by atoms with Crippen LogP contribution in [0.2, 0.25) is 5.02 Å². The van der Waals surface area contributed by atoms with E-state index in [-0.39, 0.29) is 31.1 Å². The third kappa shape index (κ3) is 5.76. The normalized spacial score (nSPS) is 11.7. The summed E-state index contributed by atoms with van der Waals surface area (Å²) in [5.41, 5.74) is 2.40. The van der Waals surface area contributed by atoms with Crippen molar-refractivity contribution in [3.63, 3.8) is 0 Å². The Bertz CT molecular complexity index is 1680. The van der Waals surface area contributed by atoms with E-state index in [9.17, 15) is 19.6 Å². The molecule has 11 heteroatoms. The van der Waals surface area contributed by atoms with E-state index in [1.165, 1.54) is 42.1 Å². The molecule has 1 atom stereocenters. The number of ketones is 1. The minimum atomic E-state index is -0.853. The molecule has 0 bridgehead atoms. The van der Waals surface area contributed by atoms with Gasteiger partial charge in [0.2, 0.25) is 0 Å². The van der Waals surface area contributed by atoms with E-state index >= 15 is 0 Å². The van der Waals surface area contributed by atoms with Crippen LogP contribution in [-0.4, -0.2) is 65.7 Å². The molecule has 4 aromatic rings. The Morgan fingerprint density at radius 1 is 1.15 bits per heavy atom. The largest absolute Gasteiger partial charge is 0.495 e. The van der Waals surface area contributed by atoms with Gasteiger partial charge in [-0.25, -0.2) is 4.52 Å². The van der Waals surface area contributed by atoms with Gasteiger partial charge in [-0.3, -0.25) is 14.4 Å². The fourth-order valence-electron chi connectivity index (χ4n) is 4.53. The Balaban J connectivity index is 1.73. The molecule has 1 aromatic carbocycles. The Morgan fingerprint density at radius 2 is 1.93 bits per heavy atom. The number of nitrogens with zero attached hydrogens (tertiary/aromatic N) is 5. The number of amides is 1. The number of pyridine rings is 2. The molecule has 3 heterocycles. The Hall–Kier alpha value is -4.46. The number of carbonyl (C=O) groups excluding carboxylic acids is 2. The number of Topliss-reactive ketones (excluding diaryl/α,β-unsaturated/α-hetero) is 1. The second-order valence-electron chi connectivity index (χ2n) is 9.37. The van der Waals surface area contributed by atoms with E-state index < -0.39 is 11.6 Å². The van der Waals surface area contributed by atoms with E-state index in [0.29, 0.717) is 44.1 Å². The lowest BCUT2D eigenvalue weighted by molar-refractivity contribution is -0.122. The van der Waals surface area contributed by atoms with Crippen LogP contribution in [0.1, 0.15) is 33.9 Å². The van der Waals surface area contributed by atoms with Gasteiger partial charge >= 0.3 is 0 Å². The predicted molar refractivity (Wildman–Crippen MR) is 150 cm³/mol.